The van der Waals surface area contributed by atoms with Crippen LogP contribution in [0.5, 0.6) is 0 Å². The summed E-state index contributed by atoms with van der Waals surface area (Å²) in [5, 5.41) is 14.2. The Morgan fingerprint density at radius 2 is 1.89 bits per heavy atom. The molecule has 1 aromatic carbocycles. The van der Waals surface area contributed by atoms with Crippen LogP contribution in [-0.4, -0.2) is 72.8 Å². The van der Waals surface area contributed by atoms with Crippen LogP contribution in [0.1, 0.15) is 51.1 Å². The number of urea groups is 1. The van der Waals surface area contributed by atoms with Crippen LogP contribution in [0.25, 0.3) is 44.3 Å². The zero-order valence-corrected chi connectivity index (χ0v) is 26.0. The summed E-state index contributed by atoms with van der Waals surface area (Å²) < 4.78 is 8.75. The molecule has 5 aromatic rings. The van der Waals surface area contributed by atoms with E-state index in [1.54, 1.807) is 9.58 Å². The van der Waals surface area contributed by atoms with E-state index >= 15 is 0 Å². The number of carbonyl (C=O) groups is 2. The molecule has 1 aliphatic carbocycles. The van der Waals surface area contributed by atoms with E-state index in [1.807, 2.05) is 41.4 Å². The first kappa shape index (κ1) is 27.7. The number of hydrogen-bond acceptors (Lipinski definition) is 6. The third-order valence-corrected chi connectivity index (χ3v) is 9.99. The highest BCUT2D eigenvalue weighted by molar-refractivity contribution is 6.14. The van der Waals surface area contributed by atoms with E-state index in [4.69, 9.17) is 9.72 Å². The molecule has 3 aliphatic rings. The van der Waals surface area contributed by atoms with Crippen LogP contribution < -0.4 is 10.2 Å². The largest absolute Gasteiger partial charge is 0.453 e. The van der Waals surface area contributed by atoms with Crippen molar-refractivity contribution in [3.63, 3.8) is 0 Å². The SMILES string of the molecule is COC(=O)N1CC2(CCC(N3C(=O)NCc4cnc5[nH]c(-c6cnn(C)c6)c(-c6ccc7c(cnn7C(C)C)c6)c5c43)CC2)C1. The number of H-pyrrole nitrogens is 1. The average Bonchev–Trinajstić information content (AvgIpc) is 3.75. The van der Waals surface area contributed by atoms with Crippen molar-refractivity contribution >= 4 is 39.7 Å². The van der Waals surface area contributed by atoms with Gasteiger partial charge < -0.3 is 19.9 Å². The fourth-order valence-corrected chi connectivity index (χ4v) is 7.78. The third kappa shape index (κ3) is 4.29. The number of amides is 3. The van der Waals surface area contributed by atoms with Gasteiger partial charge in [-0.2, -0.15) is 10.2 Å². The Bertz CT molecular complexity index is 1970. The van der Waals surface area contributed by atoms with Crippen molar-refractivity contribution in [2.45, 2.75) is 58.2 Å². The number of benzene rings is 1. The molecule has 232 valence electrons. The first-order valence-electron chi connectivity index (χ1n) is 15.7. The van der Waals surface area contributed by atoms with Gasteiger partial charge in [-0.15, -0.1) is 0 Å². The molecule has 6 heterocycles. The number of carbonyl (C=O) groups excluding carboxylic acids is 2. The summed E-state index contributed by atoms with van der Waals surface area (Å²) in [6.07, 6.45) is 11.0. The minimum absolute atomic E-state index is 0.0313. The molecule has 2 aliphatic heterocycles. The third-order valence-electron chi connectivity index (χ3n) is 9.99. The number of pyridine rings is 1. The number of aromatic amines is 1. The summed E-state index contributed by atoms with van der Waals surface area (Å²) in [6.45, 7) is 6.12. The van der Waals surface area contributed by atoms with Crippen molar-refractivity contribution in [1.82, 2.24) is 39.7 Å². The summed E-state index contributed by atoms with van der Waals surface area (Å²) in [5.74, 6) is 0. The summed E-state index contributed by atoms with van der Waals surface area (Å²) >= 11 is 0. The molecule has 3 amide bonds. The minimum Gasteiger partial charge on any atom is -0.453 e. The maximum absolute atomic E-state index is 13.8. The molecule has 1 saturated heterocycles. The zero-order chi connectivity index (χ0) is 31.0. The maximum atomic E-state index is 13.8. The molecule has 2 fully saturated rings. The summed E-state index contributed by atoms with van der Waals surface area (Å²) in [7, 11) is 3.34. The Morgan fingerprint density at radius 3 is 2.60 bits per heavy atom. The van der Waals surface area contributed by atoms with Crippen molar-refractivity contribution in [3.8, 4) is 22.4 Å². The van der Waals surface area contributed by atoms with Crippen LogP contribution in [-0.2, 0) is 18.3 Å². The van der Waals surface area contributed by atoms with Crippen LogP contribution in [0, 0.1) is 5.41 Å². The molecule has 0 bridgehead atoms. The predicted molar refractivity (Wildman–Crippen MR) is 171 cm³/mol. The fourth-order valence-electron chi connectivity index (χ4n) is 7.78. The van der Waals surface area contributed by atoms with Gasteiger partial charge in [-0.05, 0) is 57.2 Å². The molecular weight excluding hydrogens is 570 g/mol. The van der Waals surface area contributed by atoms with Gasteiger partial charge >= 0.3 is 12.1 Å². The number of methoxy groups -OCH3 is 1. The van der Waals surface area contributed by atoms with E-state index in [9.17, 15) is 9.59 Å². The number of fused-ring (bicyclic) bond motifs is 4. The van der Waals surface area contributed by atoms with E-state index < -0.39 is 0 Å². The smallest absolute Gasteiger partial charge is 0.409 e. The molecular formula is C33H37N9O3. The molecule has 12 nitrogen and oxygen atoms in total. The Balaban J connectivity index is 1.25. The number of nitrogens with one attached hydrogen (secondary N) is 2. The molecule has 1 saturated carbocycles. The normalized spacial score (nSPS) is 18.1. The summed E-state index contributed by atoms with van der Waals surface area (Å²) in [4.78, 5) is 38.1. The molecule has 1 spiro atoms. The monoisotopic (exact) mass is 607 g/mol. The van der Waals surface area contributed by atoms with E-state index in [2.05, 4.69) is 52.5 Å². The van der Waals surface area contributed by atoms with Gasteiger partial charge in [0.05, 0.1) is 41.8 Å². The van der Waals surface area contributed by atoms with Crippen molar-refractivity contribution in [1.29, 1.82) is 0 Å². The van der Waals surface area contributed by atoms with Crippen molar-refractivity contribution < 1.29 is 14.3 Å². The number of rotatable bonds is 4. The van der Waals surface area contributed by atoms with Crippen molar-refractivity contribution in [2.75, 3.05) is 25.1 Å². The lowest BCUT2D eigenvalue weighted by molar-refractivity contribution is -0.0232. The molecule has 4 aromatic heterocycles. The first-order valence-corrected chi connectivity index (χ1v) is 15.7. The Hall–Kier alpha value is -4.87. The van der Waals surface area contributed by atoms with Crippen LogP contribution >= 0.6 is 0 Å². The molecule has 8 rings (SSSR count). The Labute approximate surface area is 260 Å². The predicted octanol–water partition coefficient (Wildman–Crippen LogP) is 5.60. The molecule has 0 atom stereocenters. The first-order chi connectivity index (χ1) is 21.7. The second-order valence-corrected chi connectivity index (χ2v) is 13.2. The van der Waals surface area contributed by atoms with Gasteiger partial charge in [0.1, 0.15) is 5.65 Å². The highest BCUT2D eigenvalue weighted by Crippen LogP contribution is 2.49. The van der Waals surface area contributed by atoms with Gasteiger partial charge in [0.2, 0.25) is 0 Å². The lowest BCUT2D eigenvalue weighted by Gasteiger charge is -2.53. The van der Waals surface area contributed by atoms with E-state index in [1.165, 1.54) is 7.11 Å². The minimum atomic E-state index is -0.263. The van der Waals surface area contributed by atoms with Crippen LogP contribution in [0.3, 0.4) is 0 Å². The van der Waals surface area contributed by atoms with Gasteiger partial charge in [-0.3, -0.25) is 14.3 Å². The van der Waals surface area contributed by atoms with E-state index in [0.717, 1.165) is 94.3 Å². The van der Waals surface area contributed by atoms with E-state index in [0.29, 0.717) is 6.54 Å². The summed E-state index contributed by atoms with van der Waals surface area (Å²) in [5.41, 5.74) is 7.73. The fraction of sp³-hybridized carbons (Fsp3) is 0.424. The zero-order valence-electron chi connectivity index (χ0n) is 26.0. The quantitative estimate of drug-likeness (QED) is 0.274. The number of hydrogen-bond donors (Lipinski definition) is 2. The van der Waals surface area contributed by atoms with Crippen LogP contribution in [0.15, 0.2) is 43.0 Å². The highest BCUT2D eigenvalue weighted by Gasteiger charge is 2.49. The standard InChI is InChI=1S/C33H37N9O3/c1-19(2)42-25-6-5-20(11-21(25)14-37-42)26-27-29-22(12-34-30(27)38-28(26)23-15-36-39(3)16-23)13-35-31(43)41(29)24-7-9-33(10-8-24)17-40(18-33)32(44)45-4/h5-6,11-12,14-16,19,24H,7-10,13,17-18H2,1-4H3,(H,34,38)(H,35,43). The van der Waals surface area contributed by atoms with Gasteiger partial charge in [0.25, 0.3) is 0 Å². The maximum Gasteiger partial charge on any atom is 0.409 e. The second-order valence-electron chi connectivity index (χ2n) is 13.2. The highest BCUT2D eigenvalue weighted by atomic mass is 16.5. The average molecular weight is 608 g/mol. The molecule has 45 heavy (non-hydrogen) atoms. The Morgan fingerprint density at radius 1 is 1.09 bits per heavy atom. The Kier molecular flexibility index (Phi) is 6.20. The van der Waals surface area contributed by atoms with Crippen LogP contribution in [0.4, 0.5) is 15.3 Å². The molecule has 12 heteroatoms. The molecule has 0 unspecified atom stereocenters. The number of anilines is 1. The number of ether oxygens (including phenoxy) is 1. The lowest BCUT2D eigenvalue weighted by Crippen LogP contribution is -2.61. The van der Waals surface area contributed by atoms with Gasteiger partial charge in [-0.25, -0.2) is 14.6 Å². The van der Waals surface area contributed by atoms with E-state index in [-0.39, 0.29) is 29.6 Å². The van der Waals surface area contributed by atoms with Gasteiger partial charge in [0.15, 0.2) is 0 Å². The number of nitrogens with zero attached hydrogens (tertiary/aromatic N) is 7. The topological polar surface area (TPSA) is 126 Å². The van der Waals surface area contributed by atoms with Gasteiger partial charge in [0, 0.05) is 78.7 Å². The summed E-state index contributed by atoms with van der Waals surface area (Å²) in [6, 6.07) is 6.66. The number of aromatic nitrogens is 6. The van der Waals surface area contributed by atoms with Crippen LogP contribution in [0.2, 0.25) is 0 Å². The molecule has 0 radical (unpaired) electrons. The van der Waals surface area contributed by atoms with Crippen molar-refractivity contribution in [3.05, 3.63) is 48.5 Å². The molecule has 2 N–H and O–H groups in total. The number of aryl methyl sites for hydroxylation is 1. The number of likely N-dealkylation sites (tertiary alicyclic amines) is 1. The van der Waals surface area contributed by atoms with Crippen molar-refractivity contribution in [2.24, 2.45) is 12.5 Å². The second kappa shape index (κ2) is 10.1. The lowest BCUT2D eigenvalue weighted by atomic mass is 9.67. The van der Waals surface area contributed by atoms with Gasteiger partial charge in [-0.1, -0.05) is 6.07 Å².